The van der Waals surface area contributed by atoms with E-state index in [-0.39, 0.29) is 12.3 Å². The van der Waals surface area contributed by atoms with Crippen LogP contribution in [-0.2, 0) is 6.61 Å². The molecule has 0 atom stereocenters. The van der Waals surface area contributed by atoms with Crippen molar-refractivity contribution in [1.29, 1.82) is 0 Å². The van der Waals surface area contributed by atoms with E-state index in [1.165, 1.54) is 6.07 Å². The quantitative estimate of drug-likeness (QED) is 0.422. The van der Waals surface area contributed by atoms with Gasteiger partial charge >= 0.3 is 0 Å². The van der Waals surface area contributed by atoms with Crippen LogP contribution < -0.4 is 4.84 Å². The van der Waals surface area contributed by atoms with Crippen LogP contribution in [0.1, 0.15) is 11.4 Å². The van der Waals surface area contributed by atoms with Gasteiger partial charge in [-0.05, 0) is 19.1 Å². The fourth-order valence-electron chi connectivity index (χ4n) is 2.90. The van der Waals surface area contributed by atoms with Crippen LogP contribution in [0.4, 0.5) is 5.69 Å². The molecule has 7 nitrogen and oxygen atoms in total. The van der Waals surface area contributed by atoms with Crippen molar-refractivity contribution in [2.75, 3.05) is 0 Å². The molecular formula is C18H14N4O3. The third-order valence-corrected chi connectivity index (χ3v) is 4.04. The first-order chi connectivity index (χ1) is 12.1. The van der Waals surface area contributed by atoms with Gasteiger partial charge in [0.2, 0.25) is 0 Å². The Bertz CT molecular complexity index is 1100. The van der Waals surface area contributed by atoms with Crippen molar-refractivity contribution in [2.24, 2.45) is 0 Å². The van der Waals surface area contributed by atoms with E-state index in [1.54, 1.807) is 29.1 Å². The van der Waals surface area contributed by atoms with E-state index in [0.29, 0.717) is 11.4 Å². The van der Waals surface area contributed by atoms with E-state index < -0.39 is 4.92 Å². The highest BCUT2D eigenvalue weighted by molar-refractivity contribution is 6.02. The number of imidazole rings is 1. The SMILES string of the molecule is Cc1nc2cnc3ccccc3c2n1OCc1ccccc1[N+](=O)[O-]. The smallest absolute Gasteiger partial charge is 0.276 e. The van der Waals surface area contributed by atoms with E-state index in [2.05, 4.69) is 9.97 Å². The number of para-hydroxylation sites is 2. The average Bonchev–Trinajstić information content (AvgIpc) is 2.95. The predicted octanol–water partition coefficient (Wildman–Crippen LogP) is 3.43. The van der Waals surface area contributed by atoms with E-state index in [1.807, 2.05) is 31.2 Å². The number of hydrogen-bond donors (Lipinski definition) is 0. The molecule has 0 fully saturated rings. The molecular weight excluding hydrogens is 320 g/mol. The van der Waals surface area contributed by atoms with Gasteiger partial charge in [-0.3, -0.25) is 15.1 Å². The minimum Gasteiger partial charge on any atom is -0.407 e. The molecule has 4 aromatic rings. The molecule has 4 rings (SSSR count). The maximum Gasteiger partial charge on any atom is 0.276 e. The molecule has 0 aliphatic heterocycles. The summed E-state index contributed by atoms with van der Waals surface area (Å²) in [5.74, 6) is 0.659. The van der Waals surface area contributed by atoms with Gasteiger partial charge in [-0.25, -0.2) is 4.98 Å². The van der Waals surface area contributed by atoms with Crippen LogP contribution >= 0.6 is 0 Å². The summed E-state index contributed by atoms with van der Waals surface area (Å²) >= 11 is 0. The fraction of sp³-hybridized carbons (Fsp3) is 0.111. The molecule has 0 radical (unpaired) electrons. The molecule has 0 N–H and O–H groups in total. The second-order valence-corrected chi connectivity index (χ2v) is 5.62. The molecule has 0 unspecified atom stereocenters. The van der Waals surface area contributed by atoms with Gasteiger partial charge in [0.25, 0.3) is 5.69 Å². The van der Waals surface area contributed by atoms with Crippen molar-refractivity contribution in [2.45, 2.75) is 13.5 Å². The Morgan fingerprint density at radius 2 is 1.88 bits per heavy atom. The molecule has 2 aromatic heterocycles. The Morgan fingerprint density at radius 1 is 1.12 bits per heavy atom. The van der Waals surface area contributed by atoms with Crippen LogP contribution in [0.15, 0.2) is 54.7 Å². The van der Waals surface area contributed by atoms with Gasteiger partial charge in [-0.1, -0.05) is 30.3 Å². The molecule has 0 saturated carbocycles. The van der Waals surface area contributed by atoms with E-state index in [0.717, 1.165) is 21.9 Å². The molecule has 2 aromatic carbocycles. The number of rotatable bonds is 4. The van der Waals surface area contributed by atoms with Gasteiger partial charge in [-0.15, -0.1) is 0 Å². The first kappa shape index (κ1) is 15.1. The minimum absolute atomic E-state index is 0.0381. The normalized spacial score (nSPS) is 11.1. The maximum absolute atomic E-state index is 11.2. The second-order valence-electron chi connectivity index (χ2n) is 5.62. The van der Waals surface area contributed by atoms with Crippen molar-refractivity contribution in [3.05, 3.63) is 76.2 Å². The third kappa shape index (κ3) is 2.55. The average molecular weight is 334 g/mol. The summed E-state index contributed by atoms with van der Waals surface area (Å²) < 4.78 is 1.62. The van der Waals surface area contributed by atoms with Crippen LogP contribution in [-0.4, -0.2) is 19.6 Å². The maximum atomic E-state index is 11.2. The summed E-state index contributed by atoms with van der Waals surface area (Å²) in [5.41, 5.74) is 2.91. The van der Waals surface area contributed by atoms with Crippen LogP contribution in [0.3, 0.4) is 0 Å². The van der Waals surface area contributed by atoms with E-state index >= 15 is 0 Å². The number of aromatic nitrogens is 3. The van der Waals surface area contributed by atoms with Gasteiger partial charge in [-0.2, -0.15) is 4.73 Å². The fourth-order valence-corrected chi connectivity index (χ4v) is 2.90. The van der Waals surface area contributed by atoms with Gasteiger partial charge in [0.15, 0.2) is 0 Å². The molecule has 2 heterocycles. The van der Waals surface area contributed by atoms with Gasteiger partial charge in [0.1, 0.15) is 23.5 Å². The highest BCUT2D eigenvalue weighted by Crippen LogP contribution is 2.24. The number of aryl methyl sites for hydroxylation is 1. The summed E-state index contributed by atoms with van der Waals surface area (Å²) in [6.07, 6.45) is 1.70. The second kappa shape index (κ2) is 5.86. The van der Waals surface area contributed by atoms with E-state index in [9.17, 15) is 10.1 Å². The molecule has 0 aliphatic rings. The lowest BCUT2D eigenvalue weighted by Gasteiger charge is -2.10. The van der Waals surface area contributed by atoms with Crippen molar-refractivity contribution in [3.8, 4) is 0 Å². The number of nitro benzene ring substituents is 1. The zero-order valence-electron chi connectivity index (χ0n) is 13.4. The molecule has 0 aliphatic carbocycles. The highest BCUT2D eigenvalue weighted by atomic mass is 16.7. The lowest BCUT2D eigenvalue weighted by atomic mass is 10.2. The monoisotopic (exact) mass is 334 g/mol. The zero-order chi connectivity index (χ0) is 17.4. The number of nitro groups is 1. The van der Waals surface area contributed by atoms with Crippen LogP contribution in [0.2, 0.25) is 0 Å². The number of nitrogens with zero attached hydrogens (tertiary/aromatic N) is 4. The lowest BCUT2D eigenvalue weighted by molar-refractivity contribution is -0.385. The topological polar surface area (TPSA) is 83.1 Å². The number of benzene rings is 2. The summed E-state index contributed by atoms with van der Waals surface area (Å²) in [6, 6.07) is 14.3. The van der Waals surface area contributed by atoms with Crippen LogP contribution in [0, 0.1) is 17.0 Å². The Kier molecular flexibility index (Phi) is 3.53. The first-order valence-corrected chi connectivity index (χ1v) is 7.73. The van der Waals surface area contributed by atoms with Gasteiger partial charge in [0, 0.05) is 11.5 Å². The lowest BCUT2D eigenvalue weighted by Crippen LogP contribution is -2.13. The molecule has 0 bridgehead atoms. The molecule has 7 heteroatoms. The standard InChI is InChI=1S/C18H14N4O3/c1-12-20-16-10-19-15-8-4-3-7-14(15)18(16)21(12)25-11-13-6-2-5-9-17(13)22(23)24/h2-10H,11H2,1H3. The molecule has 25 heavy (non-hydrogen) atoms. The predicted molar refractivity (Wildman–Crippen MR) is 93.2 cm³/mol. The van der Waals surface area contributed by atoms with Crippen LogP contribution in [0.25, 0.3) is 21.9 Å². The van der Waals surface area contributed by atoms with Crippen molar-refractivity contribution < 1.29 is 9.76 Å². The Hall–Kier alpha value is -3.48. The Morgan fingerprint density at radius 3 is 2.72 bits per heavy atom. The molecule has 0 amide bonds. The van der Waals surface area contributed by atoms with Crippen molar-refractivity contribution in [3.63, 3.8) is 0 Å². The summed E-state index contributed by atoms with van der Waals surface area (Å²) in [5, 5.41) is 12.1. The molecule has 0 saturated heterocycles. The Labute approximate surface area is 142 Å². The first-order valence-electron chi connectivity index (χ1n) is 7.73. The number of pyridine rings is 1. The third-order valence-electron chi connectivity index (χ3n) is 4.04. The van der Waals surface area contributed by atoms with Crippen molar-refractivity contribution >= 4 is 27.6 Å². The Balaban J connectivity index is 1.79. The largest absolute Gasteiger partial charge is 0.407 e. The zero-order valence-corrected chi connectivity index (χ0v) is 13.4. The summed E-state index contributed by atoms with van der Waals surface area (Å²) in [4.78, 5) is 25.5. The highest BCUT2D eigenvalue weighted by Gasteiger charge is 2.16. The van der Waals surface area contributed by atoms with Crippen molar-refractivity contribution in [1.82, 2.24) is 14.7 Å². The van der Waals surface area contributed by atoms with Gasteiger partial charge < -0.3 is 4.84 Å². The molecule has 124 valence electrons. The minimum atomic E-state index is -0.406. The summed E-state index contributed by atoms with van der Waals surface area (Å²) in [6.45, 7) is 1.90. The molecule has 0 spiro atoms. The number of fused-ring (bicyclic) bond motifs is 3. The van der Waals surface area contributed by atoms with Crippen LogP contribution in [0.5, 0.6) is 0 Å². The van der Waals surface area contributed by atoms with E-state index in [4.69, 9.17) is 4.84 Å². The number of hydrogen-bond acceptors (Lipinski definition) is 5. The van der Waals surface area contributed by atoms with Gasteiger partial charge in [0.05, 0.1) is 22.2 Å². The summed E-state index contributed by atoms with van der Waals surface area (Å²) in [7, 11) is 0.